The summed E-state index contributed by atoms with van der Waals surface area (Å²) >= 11 is 1.55. The summed E-state index contributed by atoms with van der Waals surface area (Å²) in [5.74, 6) is -1.61. The van der Waals surface area contributed by atoms with Crippen LogP contribution in [0.5, 0.6) is 0 Å². The van der Waals surface area contributed by atoms with Crippen LogP contribution in [-0.4, -0.2) is 66.3 Å². The van der Waals surface area contributed by atoms with Crippen molar-refractivity contribution in [2.24, 2.45) is 0 Å². The van der Waals surface area contributed by atoms with Crippen LogP contribution in [0, 0.1) is 0 Å². The SMILES string of the molecule is CC1OC(OC2C(C)OC(Sc3ccccc3)CC2OC(=O)c2ccccc2)CC(OC(=O)c2ccccc2)C1OC(=O)c1ccccc1. The van der Waals surface area contributed by atoms with Gasteiger partial charge in [0.2, 0.25) is 0 Å². The van der Waals surface area contributed by atoms with Crippen LogP contribution in [0.1, 0.15) is 57.8 Å². The first-order chi connectivity index (χ1) is 23.8. The molecule has 2 aliphatic heterocycles. The molecule has 6 rings (SSSR count). The molecule has 0 amide bonds. The minimum absolute atomic E-state index is 0.0560. The van der Waals surface area contributed by atoms with Crippen LogP contribution in [0.3, 0.4) is 0 Å². The second-order valence-electron chi connectivity index (χ2n) is 11.9. The van der Waals surface area contributed by atoms with Crippen molar-refractivity contribution in [3.8, 4) is 0 Å². The van der Waals surface area contributed by atoms with Crippen molar-refractivity contribution < 1.29 is 42.8 Å². The van der Waals surface area contributed by atoms with Gasteiger partial charge in [0.1, 0.15) is 23.7 Å². The van der Waals surface area contributed by atoms with Crippen LogP contribution in [-0.2, 0) is 28.4 Å². The van der Waals surface area contributed by atoms with Gasteiger partial charge < -0.3 is 28.4 Å². The first-order valence-electron chi connectivity index (χ1n) is 16.3. The molecule has 0 bridgehead atoms. The Labute approximate surface area is 289 Å². The highest BCUT2D eigenvalue weighted by atomic mass is 32.2. The van der Waals surface area contributed by atoms with Crippen molar-refractivity contribution in [1.82, 2.24) is 0 Å². The number of carbonyl (C=O) groups excluding carboxylic acids is 3. The fraction of sp³-hybridized carbons (Fsp3) is 0.308. The molecule has 2 saturated heterocycles. The predicted octanol–water partition coefficient (Wildman–Crippen LogP) is 7.11. The predicted molar refractivity (Wildman–Crippen MR) is 182 cm³/mol. The lowest BCUT2D eigenvalue weighted by molar-refractivity contribution is -0.288. The van der Waals surface area contributed by atoms with Crippen LogP contribution >= 0.6 is 11.8 Å². The zero-order chi connectivity index (χ0) is 34.2. The number of benzene rings is 4. The maximum atomic E-state index is 13.3. The van der Waals surface area contributed by atoms with Gasteiger partial charge in [-0.15, -0.1) is 0 Å². The molecule has 2 heterocycles. The van der Waals surface area contributed by atoms with Gasteiger partial charge in [-0.2, -0.15) is 0 Å². The normalized spacial score (nSPS) is 26.7. The largest absolute Gasteiger partial charge is 0.456 e. The topological polar surface area (TPSA) is 107 Å². The third-order valence-electron chi connectivity index (χ3n) is 8.35. The molecule has 9 nitrogen and oxygen atoms in total. The van der Waals surface area contributed by atoms with E-state index in [9.17, 15) is 14.4 Å². The fourth-order valence-electron chi connectivity index (χ4n) is 5.91. The molecular formula is C39H38O9S. The number of esters is 3. The zero-order valence-corrected chi connectivity index (χ0v) is 28.0. The van der Waals surface area contributed by atoms with Crippen LogP contribution in [0.25, 0.3) is 0 Å². The van der Waals surface area contributed by atoms with E-state index in [0.29, 0.717) is 23.1 Å². The van der Waals surface area contributed by atoms with Gasteiger partial charge in [-0.3, -0.25) is 0 Å². The van der Waals surface area contributed by atoms with E-state index in [1.165, 1.54) is 0 Å². The third kappa shape index (κ3) is 8.96. The van der Waals surface area contributed by atoms with E-state index in [0.717, 1.165) is 4.90 Å². The van der Waals surface area contributed by atoms with Gasteiger partial charge in [0.05, 0.1) is 28.9 Å². The molecule has 8 atom stereocenters. The molecule has 0 spiro atoms. The molecule has 49 heavy (non-hydrogen) atoms. The molecule has 2 fully saturated rings. The van der Waals surface area contributed by atoms with Crippen molar-refractivity contribution in [2.45, 2.75) is 79.9 Å². The molecule has 0 aliphatic carbocycles. The van der Waals surface area contributed by atoms with Crippen molar-refractivity contribution in [1.29, 1.82) is 0 Å². The quantitative estimate of drug-likeness (QED) is 0.127. The lowest BCUT2D eigenvalue weighted by Crippen LogP contribution is -2.55. The first kappa shape index (κ1) is 34.4. The van der Waals surface area contributed by atoms with Gasteiger partial charge in [0.25, 0.3) is 0 Å². The summed E-state index contributed by atoms with van der Waals surface area (Å²) < 4.78 is 37.2. The highest BCUT2D eigenvalue weighted by Gasteiger charge is 2.47. The Morgan fingerprint density at radius 1 is 0.551 bits per heavy atom. The molecular weight excluding hydrogens is 644 g/mol. The smallest absolute Gasteiger partial charge is 0.338 e. The van der Waals surface area contributed by atoms with Gasteiger partial charge in [-0.25, -0.2) is 14.4 Å². The molecule has 8 unspecified atom stereocenters. The molecule has 0 saturated carbocycles. The average molecular weight is 683 g/mol. The number of thioether (sulfide) groups is 1. The first-order valence-corrected chi connectivity index (χ1v) is 17.2. The second kappa shape index (κ2) is 16.3. The summed E-state index contributed by atoms with van der Waals surface area (Å²) in [7, 11) is 0. The summed E-state index contributed by atoms with van der Waals surface area (Å²) in [6.45, 7) is 3.61. The van der Waals surface area contributed by atoms with Gasteiger partial charge in [0, 0.05) is 17.7 Å². The average Bonchev–Trinajstić information content (AvgIpc) is 3.12. The van der Waals surface area contributed by atoms with E-state index in [2.05, 4.69) is 0 Å². The lowest BCUT2D eigenvalue weighted by atomic mass is 10.00. The van der Waals surface area contributed by atoms with Gasteiger partial charge in [0.15, 0.2) is 12.4 Å². The van der Waals surface area contributed by atoms with E-state index in [-0.39, 0.29) is 11.9 Å². The van der Waals surface area contributed by atoms with Crippen LogP contribution in [0.15, 0.2) is 126 Å². The molecule has 4 aromatic rings. The van der Waals surface area contributed by atoms with Gasteiger partial charge in [-0.05, 0) is 62.4 Å². The summed E-state index contributed by atoms with van der Waals surface area (Å²) in [5.41, 5.74) is 0.835. The molecule has 0 aromatic heterocycles. The minimum Gasteiger partial charge on any atom is -0.456 e. The number of carbonyl (C=O) groups is 3. The van der Waals surface area contributed by atoms with E-state index in [1.54, 1.807) is 104 Å². The number of hydrogen-bond acceptors (Lipinski definition) is 10. The molecule has 254 valence electrons. The van der Waals surface area contributed by atoms with Gasteiger partial charge >= 0.3 is 17.9 Å². The minimum atomic E-state index is -0.918. The Kier molecular flexibility index (Phi) is 11.4. The molecule has 4 aromatic carbocycles. The second-order valence-corrected chi connectivity index (χ2v) is 13.1. The van der Waals surface area contributed by atoms with Crippen molar-refractivity contribution >= 4 is 29.7 Å². The Hall–Kier alpha value is -4.48. The summed E-state index contributed by atoms with van der Waals surface area (Å²) in [5, 5.41) is 0. The molecule has 2 aliphatic rings. The number of hydrogen-bond donors (Lipinski definition) is 0. The Bertz CT molecular complexity index is 1670. The van der Waals surface area contributed by atoms with E-state index >= 15 is 0 Å². The maximum absolute atomic E-state index is 13.3. The lowest BCUT2D eigenvalue weighted by Gasteiger charge is -2.44. The van der Waals surface area contributed by atoms with E-state index < -0.39 is 60.8 Å². The Balaban J connectivity index is 1.21. The van der Waals surface area contributed by atoms with E-state index in [1.807, 2.05) is 43.3 Å². The van der Waals surface area contributed by atoms with Crippen LogP contribution in [0.4, 0.5) is 0 Å². The highest BCUT2D eigenvalue weighted by Crippen LogP contribution is 2.37. The fourth-order valence-corrected chi connectivity index (χ4v) is 7.05. The van der Waals surface area contributed by atoms with Crippen LogP contribution < -0.4 is 0 Å². The monoisotopic (exact) mass is 682 g/mol. The number of ether oxygens (including phenoxy) is 6. The highest BCUT2D eigenvalue weighted by molar-refractivity contribution is 7.99. The summed E-state index contributed by atoms with van der Waals surface area (Å²) in [6.07, 6.45) is -4.92. The van der Waals surface area contributed by atoms with Crippen LogP contribution in [0.2, 0.25) is 0 Å². The Morgan fingerprint density at radius 3 is 1.49 bits per heavy atom. The zero-order valence-electron chi connectivity index (χ0n) is 27.2. The number of rotatable bonds is 10. The van der Waals surface area contributed by atoms with Crippen molar-refractivity contribution in [3.63, 3.8) is 0 Å². The standard InChI is InChI=1S/C39H38O9S/c1-25-36(48-39(42)29-19-11-5-12-20-29)31(45-37(40)27-15-7-3-8-16-27)23-33(43-25)47-35-26(2)44-34(49-30-21-13-6-14-22-30)24-32(35)46-38(41)28-17-9-4-10-18-28/h3-22,25-26,31-36H,23-24H2,1-2H3. The third-order valence-corrected chi connectivity index (χ3v) is 9.46. The van der Waals surface area contributed by atoms with Crippen molar-refractivity contribution in [2.75, 3.05) is 0 Å². The summed E-state index contributed by atoms with van der Waals surface area (Å²) in [6, 6.07) is 35.8. The van der Waals surface area contributed by atoms with E-state index in [4.69, 9.17) is 28.4 Å². The molecule has 10 heteroatoms. The maximum Gasteiger partial charge on any atom is 0.338 e. The van der Waals surface area contributed by atoms with Gasteiger partial charge in [-0.1, -0.05) is 84.6 Å². The summed E-state index contributed by atoms with van der Waals surface area (Å²) in [4.78, 5) is 40.7. The molecule has 0 N–H and O–H groups in total. The van der Waals surface area contributed by atoms with Crippen molar-refractivity contribution in [3.05, 3.63) is 138 Å². The molecule has 0 radical (unpaired) electrons. The Morgan fingerprint density at radius 2 is 0.980 bits per heavy atom.